The molecule has 0 spiro atoms. The first-order chi connectivity index (χ1) is 8.86. The van der Waals surface area contributed by atoms with Gasteiger partial charge >= 0.3 is 11.9 Å². The van der Waals surface area contributed by atoms with Crippen LogP contribution in [0.5, 0.6) is 0 Å². The first-order valence-corrected chi connectivity index (χ1v) is 6.83. The summed E-state index contributed by atoms with van der Waals surface area (Å²) >= 11 is 0. The van der Waals surface area contributed by atoms with Gasteiger partial charge in [-0.3, -0.25) is 4.79 Å². The number of carboxylic acid groups (broad SMARTS) is 1. The Morgan fingerprint density at radius 3 is 2.68 bits per heavy atom. The highest BCUT2D eigenvalue weighted by molar-refractivity contribution is 7.89. The van der Waals surface area contributed by atoms with Gasteiger partial charge in [0, 0.05) is 6.54 Å². The van der Waals surface area contributed by atoms with Crippen LogP contribution in [0.25, 0.3) is 0 Å². The number of sulfonamides is 1. The first-order valence-electron chi connectivity index (χ1n) is 5.35. The fourth-order valence-corrected chi connectivity index (χ4v) is 2.10. The third kappa shape index (κ3) is 4.38. The fraction of sp³-hybridized carbons (Fsp3) is 0.400. The van der Waals surface area contributed by atoms with Gasteiger partial charge in [-0.15, -0.1) is 0 Å². The molecule has 0 amide bonds. The van der Waals surface area contributed by atoms with Crippen molar-refractivity contribution in [3.8, 4) is 0 Å². The Kier molecular flexibility index (Phi) is 5.07. The normalized spacial score (nSPS) is 11.2. The number of rotatable bonds is 7. The number of ether oxygens (including phenoxy) is 1. The second-order valence-electron chi connectivity index (χ2n) is 3.38. The molecule has 0 aromatic carbocycles. The standard InChI is InChI=1S/C10H13NO7S/c1-2-17-10(14)7-3-4-9(18-7)19(15,16)11-6-5-8(12)13/h3-4,11H,2,5-6H2,1H3,(H,12,13). The molecule has 0 unspecified atom stereocenters. The van der Waals surface area contributed by atoms with Crippen LogP contribution in [0.4, 0.5) is 0 Å². The fourth-order valence-electron chi connectivity index (χ4n) is 1.14. The number of nitrogens with one attached hydrogen (secondary N) is 1. The molecular weight excluding hydrogens is 278 g/mol. The van der Waals surface area contributed by atoms with Gasteiger partial charge in [-0.2, -0.15) is 0 Å². The van der Waals surface area contributed by atoms with E-state index < -0.39 is 27.1 Å². The second kappa shape index (κ2) is 6.34. The summed E-state index contributed by atoms with van der Waals surface area (Å²) in [7, 11) is -3.97. The lowest BCUT2D eigenvalue weighted by molar-refractivity contribution is -0.136. The van der Waals surface area contributed by atoms with E-state index in [4.69, 9.17) is 9.52 Å². The van der Waals surface area contributed by atoms with Crippen molar-refractivity contribution in [1.29, 1.82) is 0 Å². The molecule has 0 aliphatic carbocycles. The SMILES string of the molecule is CCOC(=O)c1ccc(S(=O)(=O)NCCC(=O)O)o1. The number of hydrogen-bond donors (Lipinski definition) is 2. The van der Waals surface area contributed by atoms with E-state index in [0.29, 0.717) is 0 Å². The Hall–Kier alpha value is -1.87. The first kappa shape index (κ1) is 15.2. The Morgan fingerprint density at radius 1 is 1.42 bits per heavy atom. The Morgan fingerprint density at radius 2 is 2.11 bits per heavy atom. The van der Waals surface area contributed by atoms with E-state index in [1.807, 2.05) is 4.72 Å². The summed E-state index contributed by atoms with van der Waals surface area (Å²) in [6, 6.07) is 2.26. The zero-order chi connectivity index (χ0) is 14.5. The van der Waals surface area contributed by atoms with Gasteiger partial charge in [0.1, 0.15) is 0 Å². The van der Waals surface area contributed by atoms with Crippen molar-refractivity contribution in [1.82, 2.24) is 4.72 Å². The van der Waals surface area contributed by atoms with Crippen molar-refractivity contribution in [2.75, 3.05) is 13.2 Å². The zero-order valence-corrected chi connectivity index (χ0v) is 10.9. The summed E-state index contributed by atoms with van der Waals surface area (Å²) in [5.41, 5.74) is 0. The molecule has 2 N–H and O–H groups in total. The van der Waals surface area contributed by atoms with E-state index in [9.17, 15) is 18.0 Å². The molecule has 1 aromatic rings. The van der Waals surface area contributed by atoms with Crippen LogP contribution in [-0.2, 0) is 19.6 Å². The quantitative estimate of drug-likeness (QED) is 0.688. The van der Waals surface area contributed by atoms with Crippen molar-refractivity contribution < 1.29 is 32.3 Å². The van der Waals surface area contributed by atoms with E-state index >= 15 is 0 Å². The molecule has 1 rings (SSSR count). The van der Waals surface area contributed by atoms with E-state index in [2.05, 4.69) is 4.74 Å². The lowest BCUT2D eigenvalue weighted by Gasteiger charge is -2.02. The molecule has 0 aliphatic rings. The maximum absolute atomic E-state index is 11.7. The number of aliphatic carboxylic acids is 1. The molecule has 0 bridgehead atoms. The summed E-state index contributed by atoms with van der Waals surface area (Å²) in [6.45, 7) is 1.47. The molecular formula is C10H13NO7S. The van der Waals surface area contributed by atoms with Gasteiger partial charge in [-0.25, -0.2) is 17.9 Å². The van der Waals surface area contributed by atoms with E-state index in [1.54, 1.807) is 6.92 Å². The summed E-state index contributed by atoms with van der Waals surface area (Å²) in [5.74, 6) is -2.13. The third-order valence-corrected chi connectivity index (χ3v) is 3.29. The van der Waals surface area contributed by atoms with Gasteiger partial charge in [0.25, 0.3) is 10.0 Å². The van der Waals surface area contributed by atoms with Gasteiger partial charge in [-0.1, -0.05) is 0 Å². The van der Waals surface area contributed by atoms with Crippen LogP contribution in [0, 0.1) is 0 Å². The molecule has 0 radical (unpaired) electrons. The lowest BCUT2D eigenvalue weighted by atomic mass is 10.5. The van der Waals surface area contributed by atoms with E-state index in [0.717, 1.165) is 6.07 Å². The maximum atomic E-state index is 11.7. The highest BCUT2D eigenvalue weighted by Gasteiger charge is 2.21. The van der Waals surface area contributed by atoms with Gasteiger partial charge in [-0.05, 0) is 19.1 Å². The molecule has 106 valence electrons. The monoisotopic (exact) mass is 291 g/mol. The largest absolute Gasteiger partial charge is 0.481 e. The van der Waals surface area contributed by atoms with Crippen LogP contribution in [0.15, 0.2) is 21.6 Å². The summed E-state index contributed by atoms with van der Waals surface area (Å²) in [5, 5.41) is 7.93. The lowest BCUT2D eigenvalue weighted by Crippen LogP contribution is -2.25. The number of carbonyl (C=O) groups is 2. The molecule has 9 heteroatoms. The summed E-state index contributed by atoms with van der Waals surface area (Å²) in [6.07, 6.45) is -0.356. The number of furan rings is 1. The Balaban J connectivity index is 2.74. The van der Waals surface area contributed by atoms with Crippen LogP contribution < -0.4 is 4.72 Å². The van der Waals surface area contributed by atoms with Crippen molar-refractivity contribution in [2.24, 2.45) is 0 Å². The van der Waals surface area contributed by atoms with Gasteiger partial charge < -0.3 is 14.3 Å². The number of carboxylic acids is 1. The number of esters is 1. The summed E-state index contributed by atoms with van der Waals surface area (Å²) in [4.78, 5) is 21.5. The smallest absolute Gasteiger partial charge is 0.374 e. The summed E-state index contributed by atoms with van der Waals surface area (Å²) < 4.78 is 34.8. The average Bonchev–Trinajstić information content (AvgIpc) is 2.78. The van der Waals surface area contributed by atoms with E-state index in [-0.39, 0.29) is 25.3 Å². The Bertz CT molecular complexity index is 560. The minimum absolute atomic E-state index is 0.137. The molecule has 8 nitrogen and oxygen atoms in total. The average molecular weight is 291 g/mol. The molecule has 1 aromatic heterocycles. The van der Waals surface area contributed by atoms with Gasteiger partial charge in [0.15, 0.2) is 0 Å². The van der Waals surface area contributed by atoms with Crippen LogP contribution in [0.3, 0.4) is 0 Å². The van der Waals surface area contributed by atoms with Crippen LogP contribution in [0.2, 0.25) is 0 Å². The maximum Gasteiger partial charge on any atom is 0.374 e. The van der Waals surface area contributed by atoms with Gasteiger partial charge in [0.2, 0.25) is 10.9 Å². The highest BCUT2D eigenvalue weighted by atomic mass is 32.2. The van der Waals surface area contributed by atoms with Crippen molar-refractivity contribution >= 4 is 22.0 Å². The highest BCUT2D eigenvalue weighted by Crippen LogP contribution is 2.14. The van der Waals surface area contributed by atoms with Crippen molar-refractivity contribution in [3.05, 3.63) is 17.9 Å². The van der Waals surface area contributed by atoms with Crippen molar-refractivity contribution in [3.63, 3.8) is 0 Å². The van der Waals surface area contributed by atoms with Crippen molar-refractivity contribution in [2.45, 2.75) is 18.4 Å². The van der Waals surface area contributed by atoms with Crippen LogP contribution in [0.1, 0.15) is 23.9 Å². The molecule has 1 heterocycles. The topological polar surface area (TPSA) is 123 Å². The number of hydrogen-bond acceptors (Lipinski definition) is 6. The predicted octanol–water partition coefficient (Wildman–Crippen LogP) is 0.209. The molecule has 0 saturated carbocycles. The minimum atomic E-state index is -3.97. The zero-order valence-electron chi connectivity index (χ0n) is 10.1. The van der Waals surface area contributed by atoms with E-state index in [1.165, 1.54) is 6.07 Å². The molecule has 0 fully saturated rings. The van der Waals surface area contributed by atoms with Gasteiger partial charge in [0.05, 0.1) is 13.0 Å². The Labute approximate surface area is 109 Å². The molecule has 19 heavy (non-hydrogen) atoms. The predicted molar refractivity (Wildman–Crippen MR) is 62.1 cm³/mol. The molecule has 0 saturated heterocycles. The number of carbonyl (C=O) groups excluding carboxylic acids is 1. The molecule has 0 aliphatic heterocycles. The minimum Gasteiger partial charge on any atom is -0.481 e. The second-order valence-corrected chi connectivity index (χ2v) is 5.08. The molecule has 0 atom stereocenters. The van der Waals surface area contributed by atoms with Crippen LogP contribution in [-0.4, -0.2) is 38.6 Å². The third-order valence-electron chi connectivity index (χ3n) is 1.95. The van der Waals surface area contributed by atoms with Crippen LogP contribution >= 0.6 is 0 Å².